The Balaban J connectivity index is 1.53. The zero-order valence-electron chi connectivity index (χ0n) is 14.2. The van der Waals surface area contributed by atoms with Crippen LogP contribution in [0.5, 0.6) is 0 Å². The van der Waals surface area contributed by atoms with Gasteiger partial charge in [-0.15, -0.1) is 0 Å². The zero-order chi connectivity index (χ0) is 17.5. The summed E-state index contributed by atoms with van der Waals surface area (Å²) in [6, 6.07) is 5.54. The van der Waals surface area contributed by atoms with E-state index in [2.05, 4.69) is 4.98 Å². The van der Waals surface area contributed by atoms with Crippen molar-refractivity contribution in [1.82, 2.24) is 9.88 Å². The molecule has 2 saturated heterocycles. The number of piperidine rings is 1. The average molecular weight is 347 g/mol. The molecule has 4 nitrogen and oxygen atoms in total. The molecule has 0 aromatic carbocycles. The normalized spacial score (nSPS) is 28.9. The van der Waals surface area contributed by atoms with Gasteiger partial charge in [0.1, 0.15) is 5.82 Å². The van der Waals surface area contributed by atoms with Crippen LogP contribution in [-0.4, -0.2) is 47.9 Å². The van der Waals surface area contributed by atoms with Crippen molar-refractivity contribution in [3.8, 4) is 0 Å². The lowest BCUT2D eigenvalue weighted by molar-refractivity contribution is -0.171. The quantitative estimate of drug-likeness (QED) is 0.772. The second-order valence-corrected chi connectivity index (χ2v) is 7.49. The van der Waals surface area contributed by atoms with Crippen molar-refractivity contribution in [2.75, 3.05) is 31.1 Å². The Bertz CT molecular complexity index is 671. The highest BCUT2D eigenvalue weighted by Gasteiger charge is 2.60. The van der Waals surface area contributed by atoms with E-state index in [0.29, 0.717) is 13.0 Å². The van der Waals surface area contributed by atoms with Gasteiger partial charge in [-0.05, 0) is 31.4 Å². The Morgan fingerprint density at radius 3 is 2.64 bits per heavy atom. The van der Waals surface area contributed by atoms with E-state index in [0.717, 1.165) is 18.7 Å². The van der Waals surface area contributed by atoms with Crippen LogP contribution in [0.25, 0.3) is 0 Å². The van der Waals surface area contributed by atoms with Crippen molar-refractivity contribution in [3.05, 3.63) is 36.5 Å². The van der Waals surface area contributed by atoms with Gasteiger partial charge in [-0.3, -0.25) is 4.79 Å². The van der Waals surface area contributed by atoms with E-state index in [1.54, 1.807) is 11.1 Å². The number of carbonyl (C=O) groups is 1. The number of pyridine rings is 1. The molecule has 2 aliphatic heterocycles. The topological polar surface area (TPSA) is 36.4 Å². The van der Waals surface area contributed by atoms with Crippen LogP contribution >= 0.6 is 0 Å². The maximum absolute atomic E-state index is 14.9. The minimum atomic E-state index is -2.75. The van der Waals surface area contributed by atoms with Crippen molar-refractivity contribution >= 4 is 11.7 Å². The van der Waals surface area contributed by atoms with E-state index in [-0.39, 0.29) is 37.9 Å². The van der Waals surface area contributed by atoms with Crippen LogP contribution in [0.15, 0.2) is 36.5 Å². The largest absolute Gasteiger partial charge is 0.356 e. The highest BCUT2D eigenvalue weighted by Crippen LogP contribution is 2.50. The Morgan fingerprint density at radius 1 is 1.12 bits per heavy atom. The second-order valence-electron chi connectivity index (χ2n) is 7.49. The number of hydrogen-bond acceptors (Lipinski definition) is 3. The van der Waals surface area contributed by atoms with Crippen LogP contribution in [0.3, 0.4) is 0 Å². The number of hydrogen-bond donors (Lipinski definition) is 0. The summed E-state index contributed by atoms with van der Waals surface area (Å²) in [6.45, 7) is 1.12. The molecule has 1 amide bonds. The first-order valence-electron chi connectivity index (χ1n) is 8.98. The van der Waals surface area contributed by atoms with E-state index < -0.39 is 11.3 Å². The molecular weight excluding hydrogens is 324 g/mol. The van der Waals surface area contributed by atoms with E-state index in [9.17, 15) is 13.6 Å². The molecule has 0 N–H and O–H groups in total. The summed E-state index contributed by atoms with van der Waals surface area (Å²) in [5, 5.41) is 0. The number of likely N-dealkylation sites (tertiary alicyclic amines) is 1. The summed E-state index contributed by atoms with van der Waals surface area (Å²) in [6.07, 6.45) is 7.32. The lowest BCUT2D eigenvalue weighted by Crippen LogP contribution is -2.59. The van der Waals surface area contributed by atoms with Crippen molar-refractivity contribution in [3.63, 3.8) is 0 Å². The second kappa shape index (κ2) is 6.07. The molecule has 0 bridgehead atoms. The summed E-state index contributed by atoms with van der Waals surface area (Å²) in [7, 11) is 0. The molecular formula is C19H23F2N3O. The fraction of sp³-hybridized carbons (Fsp3) is 0.579. The summed E-state index contributed by atoms with van der Waals surface area (Å²) in [5.41, 5.74) is -1.16. The number of alkyl halides is 2. The van der Waals surface area contributed by atoms with Gasteiger partial charge in [0.2, 0.25) is 5.91 Å². The third-order valence-electron chi connectivity index (χ3n) is 5.96. The smallest absolute Gasteiger partial charge is 0.258 e. The van der Waals surface area contributed by atoms with Crippen LogP contribution in [0.1, 0.15) is 25.7 Å². The molecule has 1 aliphatic carbocycles. The van der Waals surface area contributed by atoms with Gasteiger partial charge in [-0.25, -0.2) is 13.8 Å². The van der Waals surface area contributed by atoms with Crippen molar-refractivity contribution in [1.29, 1.82) is 0 Å². The molecule has 0 radical (unpaired) electrons. The average Bonchev–Trinajstić information content (AvgIpc) is 3.29. The van der Waals surface area contributed by atoms with E-state index >= 15 is 0 Å². The molecule has 3 aliphatic rings. The Kier molecular flexibility index (Phi) is 4.01. The standard InChI is InChI=1S/C19H23F2N3O/c20-19(21)9-12-24(17(25)15-5-1-2-6-15)14-18(19)8-11-23(13-18)16-7-3-4-10-22-16/h1-4,7,10,15H,5-6,8-9,11-14H2. The molecule has 2 fully saturated rings. The van der Waals surface area contributed by atoms with E-state index in [4.69, 9.17) is 0 Å². The van der Waals surface area contributed by atoms with Crippen LogP contribution in [0, 0.1) is 11.3 Å². The van der Waals surface area contributed by atoms with Gasteiger partial charge in [0.15, 0.2) is 0 Å². The van der Waals surface area contributed by atoms with Crippen LogP contribution in [-0.2, 0) is 4.79 Å². The number of carbonyl (C=O) groups excluding carboxylic acids is 1. The SMILES string of the molecule is O=C(C1CC=CC1)N1CCC(F)(F)C2(CCN(c3ccccn3)C2)C1. The number of nitrogens with zero attached hydrogens (tertiary/aromatic N) is 3. The summed E-state index contributed by atoms with van der Waals surface area (Å²) >= 11 is 0. The first-order valence-corrected chi connectivity index (χ1v) is 8.98. The summed E-state index contributed by atoms with van der Waals surface area (Å²) in [5.74, 6) is -2.03. The molecule has 1 aromatic rings. The maximum Gasteiger partial charge on any atom is 0.258 e. The highest BCUT2D eigenvalue weighted by molar-refractivity contribution is 5.80. The fourth-order valence-electron chi connectivity index (χ4n) is 4.40. The third-order valence-corrected chi connectivity index (χ3v) is 5.96. The number of rotatable bonds is 2. The summed E-state index contributed by atoms with van der Waals surface area (Å²) < 4.78 is 29.7. The predicted molar refractivity (Wildman–Crippen MR) is 91.5 cm³/mol. The Hall–Kier alpha value is -1.98. The molecule has 3 heterocycles. The maximum atomic E-state index is 14.9. The number of aromatic nitrogens is 1. The van der Waals surface area contributed by atoms with Gasteiger partial charge in [0, 0.05) is 44.7 Å². The third kappa shape index (κ3) is 2.81. The van der Waals surface area contributed by atoms with Crippen LogP contribution in [0.4, 0.5) is 14.6 Å². The molecule has 25 heavy (non-hydrogen) atoms. The zero-order valence-corrected chi connectivity index (χ0v) is 14.2. The minimum Gasteiger partial charge on any atom is -0.356 e. The number of anilines is 1. The molecule has 1 atom stereocenters. The van der Waals surface area contributed by atoms with Crippen molar-refractivity contribution < 1.29 is 13.6 Å². The highest BCUT2D eigenvalue weighted by atomic mass is 19.3. The first kappa shape index (κ1) is 16.5. The molecule has 6 heteroatoms. The fourth-order valence-corrected chi connectivity index (χ4v) is 4.40. The van der Waals surface area contributed by atoms with Gasteiger partial charge in [0.25, 0.3) is 5.92 Å². The molecule has 1 unspecified atom stereocenters. The number of halogens is 2. The summed E-state index contributed by atoms with van der Waals surface area (Å²) in [4.78, 5) is 20.6. The molecule has 1 aromatic heterocycles. The Morgan fingerprint density at radius 2 is 1.92 bits per heavy atom. The Labute approximate surface area is 146 Å². The molecule has 4 rings (SSSR count). The van der Waals surface area contributed by atoms with Crippen molar-refractivity contribution in [2.24, 2.45) is 11.3 Å². The van der Waals surface area contributed by atoms with Gasteiger partial charge >= 0.3 is 0 Å². The van der Waals surface area contributed by atoms with Gasteiger partial charge < -0.3 is 9.80 Å². The molecule has 0 saturated carbocycles. The van der Waals surface area contributed by atoms with E-state index in [1.807, 2.05) is 35.3 Å². The lowest BCUT2D eigenvalue weighted by Gasteiger charge is -2.46. The van der Waals surface area contributed by atoms with Gasteiger partial charge in [0.05, 0.1) is 5.41 Å². The number of amides is 1. The van der Waals surface area contributed by atoms with Crippen LogP contribution < -0.4 is 4.90 Å². The minimum absolute atomic E-state index is 0.0381. The first-order chi connectivity index (χ1) is 12.0. The number of allylic oxidation sites excluding steroid dienone is 2. The predicted octanol–water partition coefficient (Wildman–Crippen LogP) is 3.11. The van der Waals surface area contributed by atoms with Gasteiger partial charge in [-0.2, -0.15) is 0 Å². The van der Waals surface area contributed by atoms with Gasteiger partial charge in [-0.1, -0.05) is 18.2 Å². The monoisotopic (exact) mass is 347 g/mol. The molecule has 134 valence electrons. The van der Waals surface area contributed by atoms with E-state index in [1.165, 1.54) is 0 Å². The van der Waals surface area contributed by atoms with Crippen LogP contribution in [0.2, 0.25) is 0 Å². The molecule has 1 spiro atoms. The lowest BCUT2D eigenvalue weighted by atomic mass is 9.75. The van der Waals surface area contributed by atoms with Crippen molar-refractivity contribution in [2.45, 2.75) is 31.6 Å².